The van der Waals surface area contributed by atoms with Crippen LogP contribution in [0, 0.1) is 5.92 Å². The maximum absolute atomic E-state index is 10.9. The van der Waals surface area contributed by atoms with Crippen LogP contribution in [0.2, 0.25) is 0 Å². The summed E-state index contributed by atoms with van der Waals surface area (Å²) < 4.78 is 0. The van der Waals surface area contributed by atoms with Gasteiger partial charge in [-0.3, -0.25) is 10.0 Å². The molecule has 1 amide bonds. The van der Waals surface area contributed by atoms with Crippen molar-refractivity contribution in [2.24, 2.45) is 5.92 Å². The van der Waals surface area contributed by atoms with E-state index in [2.05, 4.69) is 0 Å². The first-order valence-corrected chi connectivity index (χ1v) is 3.87. The number of nitrogens with one attached hydrogen (secondary N) is 1. The van der Waals surface area contributed by atoms with E-state index in [4.69, 9.17) is 5.21 Å². The van der Waals surface area contributed by atoms with Gasteiger partial charge in [0.15, 0.2) is 0 Å². The van der Waals surface area contributed by atoms with Crippen molar-refractivity contribution in [3.8, 4) is 0 Å². The Bertz CT molecular complexity index is 149. The fourth-order valence-electron chi connectivity index (χ4n) is 1.50. The molecule has 1 fully saturated rings. The number of amides is 1. The Morgan fingerprint density at radius 3 is 2.55 bits per heavy atom. The molecule has 1 aliphatic rings. The van der Waals surface area contributed by atoms with E-state index in [0.29, 0.717) is 12.8 Å². The van der Waals surface area contributed by atoms with Crippen LogP contribution in [0.4, 0.5) is 0 Å². The molecule has 3 N–H and O–H groups in total. The van der Waals surface area contributed by atoms with Crippen LogP contribution in [0.3, 0.4) is 0 Å². The molecule has 0 radical (unpaired) electrons. The quantitative estimate of drug-likeness (QED) is 0.374. The number of hydrogen-bond acceptors (Lipinski definition) is 3. The van der Waals surface area contributed by atoms with Crippen LogP contribution in [-0.2, 0) is 4.79 Å². The smallest absolute Gasteiger partial charge is 0.249 e. The summed E-state index contributed by atoms with van der Waals surface area (Å²) in [6.45, 7) is 0. The summed E-state index contributed by atoms with van der Waals surface area (Å²) in [5.74, 6) is -0.869. The predicted molar refractivity (Wildman–Crippen MR) is 37.9 cm³/mol. The average molecular weight is 159 g/mol. The summed E-state index contributed by atoms with van der Waals surface area (Å²) in [5.41, 5.74) is 1.57. The molecule has 0 unspecified atom stereocenters. The second kappa shape index (κ2) is 3.69. The van der Waals surface area contributed by atoms with Crippen molar-refractivity contribution in [1.29, 1.82) is 0 Å². The van der Waals surface area contributed by atoms with Gasteiger partial charge in [-0.2, -0.15) is 0 Å². The van der Waals surface area contributed by atoms with Gasteiger partial charge in [0, 0.05) is 0 Å². The number of aliphatic hydroxyl groups is 1. The molecule has 0 bridgehead atoms. The average Bonchev–Trinajstić information content (AvgIpc) is 2.04. The Kier molecular flexibility index (Phi) is 2.84. The fourth-order valence-corrected chi connectivity index (χ4v) is 1.50. The van der Waals surface area contributed by atoms with Crippen LogP contribution < -0.4 is 5.48 Å². The third kappa shape index (κ3) is 1.91. The van der Waals surface area contributed by atoms with Gasteiger partial charge in [0.05, 0.1) is 12.0 Å². The van der Waals surface area contributed by atoms with Crippen molar-refractivity contribution >= 4 is 5.91 Å². The first-order valence-electron chi connectivity index (χ1n) is 3.87. The summed E-state index contributed by atoms with van der Waals surface area (Å²) in [4.78, 5) is 10.9. The highest BCUT2D eigenvalue weighted by Crippen LogP contribution is 2.23. The van der Waals surface area contributed by atoms with Gasteiger partial charge >= 0.3 is 0 Å². The molecule has 0 heterocycles. The molecular formula is C7H13NO3. The lowest BCUT2D eigenvalue weighted by Gasteiger charge is -2.25. The highest BCUT2D eigenvalue weighted by atomic mass is 16.5. The van der Waals surface area contributed by atoms with Crippen molar-refractivity contribution in [1.82, 2.24) is 5.48 Å². The van der Waals surface area contributed by atoms with Crippen LogP contribution >= 0.6 is 0 Å². The van der Waals surface area contributed by atoms with Gasteiger partial charge in [-0.15, -0.1) is 0 Å². The van der Waals surface area contributed by atoms with Crippen molar-refractivity contribution in [2.75, 3.05) is 0 Å². The number of aliphatic hydroxyl groups excluding tert-OH is 1. The zero-order valence-electron chi connectivity index (χ0n) is 6.29. The fraction of sp³-hybridized carbons (Fsp3) is 0.857. The van der Waals surface area contributed by atoms with Crippen molar-refractivity contribution < 1.29 is 15.1 Å². The SMILES string of the molecule is O=C(NO)[C@@H]1CCCC[C@H]1O. The van der Waals surface area contributed by atoms with Gasteiger partial charge in [0.25, 0.3) is 0 Å². The van der Waals surface area contributed by atoms with E-state index >= 15 is 0 Å². The zero-order valence-corrected chi connectivity index (χ0v) is 6.29. The van der Waals surface area contributed by atoms with Crippen LogP contribution in [-0.4, -0.2) is 22.3 Å². The second-order valence-corrected chi connectivity index (χ2v) is 2.93. The molecule has 0 saturated heterocycles. The van der Waals surface area contributed by atoms with E-state index < -0.39 is 17.9 Å². The maximum Gasteiger partial charge on any atom is 0.249 e. The Morgan fingerprint density at radius 1 is 1.36 bits per heavy atom. The Balaban J connectivity index is 2.47. The Hall–Kier alpha value is -0.610. The molecule has 4 nitrogen and oxygen atoms in total. The molecule has 1 saturated carbocycles. The van der Waals surface area contributed by atoms with Gasteiger partial charge < -0.3 is 5.11 Å². The largest absolute Gasteiger partial charge is 0.392 e. The number of carbonyl (C=O) groups is 1. The molecule has 64 valence electrons. The van der Waals surface area contributed by atoms with E-state index in [1.54, 1.807) is 5.48 Å². The predicted octanol–water partition coefficient (Wildman–Crippen LogP) is 0.0429. The lowest BCUT2D eigenvalue weighted by Crippen LogP contribution is -2.37. The number of rotatable bonds is 1. The molecule has 4 heteroatoms. The maximum atomic E-state index is 10.9. The number of hydroxylamine groups is 1. The number of carbonyl (C=O) groups excluding carboxylic acids is 1. The minimum Gasteiger partial charge on any atom is -0.392 e. The minimum absolute atomic E-state index is 0.409. The summed E-state index contributed by atoms with van der Waals surface area (Å²) in [6, 6.07) is 0. The van der Waals surface area contributed by atoms with E-state index in [0.717, 1.165) is 12.8 Å². The van der Waals surface area contributed by atoms with E-state index in [1.807, 2.05) is 0 Å². The standard InChI is InChI=1S/C7H13NO3/c9-6-4-2-1-3-5(6)7(10)8-11/h5-6,9,11H,1-4H2,(H,8,10)/t5-,6-/m1/s1. The highest BCUT2D eigenvalue weighted by molar-refractivity contribution is 5.78. The lowest BCUT2D eigenvalue weighted by atomic mass is 9.86. The summed E-state index contributed by atoms with van der Waals surface area (Å²) in [7, 11) is 0. The van der Waals surface area contributed by atoms with Crippen LogP contribution in [0.5, 0.6) is 0 Å². The topological polar surface area (TPSA) is 69.6 Å². The molecular weight excluding hydrogens is 146 g/mol. The van der Waals surface area contributed by atoms with Gasteiger partial charge in [0.2, 0.25) is 5.91 Å². The van der Waals surface area contributed by atoms with Gasteiger partial charge in [0.1, 0.15) is 0 Å². The van der Waals surface area contributed by atoms with Crippen molar-refractivity contribution in [3.05, 3.63) is 0 Å². The molecule has 0 aromatic rings. The highest BCUT2D eigenvalue weighted by Gasteiger charge is 2.28. The first-order chi connectivity index (χ1) is 5.25. The molecule has 0 aliphatic heterocycles. The van der Waals surface area contributed by atoms with Crippen LogP contribution in [0.1, 0.15) is 25.7 Å². The van der Waals surface area contributed by atoms with E-state index in [1.165, 1.54) is 0 Å². The zero-order chi connectivity index (χ0) is 8.27. The van der Waals surface area contributed by atoms with Crippen molar-refractivity contribution in [3.63, 3.8) is 0 Å². The second-order valence-electron chi connectivity index (χ2n) is 2.93. The summed E-state index contributed by atoms with van der Waals surface area (Å²) in [5, 5.41) is 17.6. The summed E-state index contributed by atoms with van der Waals surface area (Å²) in [6.07, 6.45) is 2.69. The van der Waals surface area contributed by atoms with Gasteiger partial charge in [-0.1, -0.05) is 12.8 Å². The summed E-state index contributed by atoms with van der Waals surface area (Å²) >= 11 is 0. The monoisotopic (exact) mass is 159 g/mol. The van der Waals surface area contributed by atoms with Crippen LogP contribution in [0.25, 0.3) is 0 Å². The molecule has 0 spiro atoms. The number of hydrogen-bond donors (Lipinski definition) is 3. The first kappa shape index (κ1) is 8.49. The Morgan fingerprint density at radius 2 is 2.00 bits per heavy atom. The van der Waals surface area contributed by atoms with E-state index in [-0.39, 0.29) is 0 Å². The molecule has 1 rings (SSSR count). The third-order valence-electron chi connectivity index (χ3n) is 2.18. The van der Waals surface area contributed by atoms with Gasteiger partial charge in [-0.05, 0) is 12.8 Å². The molecule has 1 aliphatic carbocycles. The normalized spacial score (nSPS) is 31.5. The lowest BCUT2D eigenvalue weighted by molar-refractivity contribution is -0.138. The van der Waals surface area contributed by atoms with Gasteiger partial charge in [-0.25, -0.2) is 5.48 Å². The molecule has 0 aromatic carbocycles. The Labute approximate surface area is 65.2 Å². The van der Waals surface area contributed by atoms with Crippen molar-refractivity contribution in [2.45, 2.75) is 31.8 Å². The molecule has 0 aromatic heterocycles. The van der Waals surface area contributed by atoms with E-state index in [9.17, 15) is 9.90 Å². The third-order valence-corrected chi connectivity index (χ3v) is 2.18. The molecule has 11 heavy (non-hydrogen) atoms. The van der Waals surface area contributed by atoms with Crippen LogP contribution in [0.15, 0.2) is 0 Å². The molecule has 2 atom stereocenters. The minimum atomic E-state index is -0.573.